The molecule has 0 saturated carbocycles. The maximum atomic E-state index is 12.4. The lowest BCUT2D eigenvalue weighted by atomic mass is 10.1. The van der Waals surface area contributed by atoms with E-state index in [-0.39, 0.29) is 11.7 Å². The minimum atomic E-state index is -3.39. The summed E-state index contributed by atoms with van der Waals surface area (Å²) in [6.45, 7) is 0.719. The molecular formula is C19H17N3O3S. The third-order valence-corrected chi connectivity index (χ3v) is 5.52. The second kappa shape index (κ2) is 6.42. The largest absolute Gasteiger partial charge is 0.348 e. The van der Waals surface area contributed by atoms with Crippen LogP contribution in [0.3, 0.4) is 0 Å². The Kier molecular flexibility index (Phi) is 4.08. The molecule has 0 spiro atoms. The van der Waals surface area contributed by atoms with Gasteiger partial charge in [0.25, 0.3) is 15.9 Å². The van der Waals surface area contributed by atoms with Gasteiger partial charge in [0.05, 0.1) is 11.3 Å². The number of amidine groups is 1. The number of nitrogens with zero attached hydrogens (tertiary/aromatic N) is 2. The van der Waals surface area contributed by atoms with Crippen molar-refractivity contribution in [1.82, 2.24) is 10.2 Å². The Morgan fingerprint density at radius 3 is 2.77 bits per heavy atom. The summed E-state index contributed by atoms with van der Waals surface area (Å²) in [5.41, 5.74) is 1.49. The summed E-state index contributed by atoms with van der Waals surface area (Å²) in [5.74, 6) is 0.0940. The van der Waals surface area contributed by atoms with Gasteiger partial charge >= 0.3 is 0 Å². The van der Waals surface area contributed by atoms with E-state index in [1.807, 2.05) is 36.4 Å². The molecule has 0 fully saturated rings. The lowest BCUT2D eigenvalue weighted by Gasteiger charge is -2.26. The SMILES string of the molecule is O=C(NCc1ccc2ccccc2c1)C1=CN2CCS(=O)(=O)N=C2C=C1. The van der Waals surface area contributed by atoms with Crippen molar-refractivity contribution < 1.29 is 13.2 Å². The van der Waals surface area contributed by atoms with Crippen LogP contribution in [0.15, 0.2) is 70.8 Å². The van der Waals surface area contributed by atoms with Gasteiger partial charge in [-0.25, -0.2) is 8.42 Å². The zero-order valence-corrected chi connectivity index (χ0v) is 14.7. The molecule has 0 saturated heterocycles. The summed E-state index contributed by atoms with van der Waals surface area (Å²) >= 11 is 0. The molecular weight excluding hydrogens is 350 g/mol. The van der Waals surface area contributed by atoms with E-state index >= 15 is 0 Å². The van der Waals surface area contributed by atoms with E-state index in [0.29, 0.717) is 24.5 Å². The van der Waals surface area contributed by atoms with Crippen molar-refractivity contribution in [2.24, 2.45) is 4.40 Å². The van der Waals surface area contributed by atoms with E-state index in [1.165, 1.54) is 0 Å². The number of nitrogens with one attached hydrogen (secondary N) is 1. The molecule has 0 unspecified atom stereocenters. The number of sulfonamides is 1. The van der Waals surface area contributed by atoms with Gasteiger partial charge in [0, 0.05) is 19.3 Å². The number of carbonyl (C=O) groups excluding carboxylic acids is 1. The molecule has 1 amide bonds. The summed E-state index contributed by atoms with van der Waals surface area (Å²) in [4.78, 5) is 14.1. The molecule has 6 nitrogen and oxygen atoms in total. The highest BCUT2D eigenvalue weighted by molar-refractivity contribution is 7.90. The third-order valence-electron chi connectivity index (χ3n) is 4.35. The van der Waals surface area contributed by atoms with Gasteiger partial charge in [-0.05, 0) is 34.6 Å². The van der Waals surface area contributed by atoms with E-state index in [2.05, 4.69) is 15.8 Å². The van der Waals surface area contributed by atoms with Crippen molar-refractivity contribution in [2.75, 3.05) is 12.3 Å². The predicted molar refractivity (Wildman–Crippen MR) is 101 cm³/mol. The van der Waals surface area contributed by atoms with Crippen LogP contribution in [-0.2, 0) is 21.4 Å². The van der Waals surface area contributed by atoms with Gasteiger partial charge in [0.2, 0.25) is 0 Å². The summed E-state index contributed by atoms with van der Waals surface area (Å²) in [7, 11) is -3.39. The number of benzene rings is 2. The van der Waals surface area contributed by atoms with Gasteiger partial charge in [0.15, 0.2) is 0 Å². The molecule has 2 aromatic rings. The fourth-order valence-electron chi connectivity index (χ4n) is 2.97. The van der Waals surface area contributed by atoms with E-state index in [4.69, 9.17) is 0 Å². The summed E-state index contributed by atoms with van der Waals surface area (Å²) in [5, 5.41) is 5.19. The first kappa shape index (κ1) is 16.5. The van der Waals surface area contributed by atoms with Crippen LogP contribution in [0.2, 0.25) is 0 Å². The Balaban J connectivity index is 1.45. The summed E-state index contributed by atoms with van der Waals surface area (Å²) in [6, 6.07) is 14.2. The number of hydrogen-bond donors (Lipinski definition) is 1. The van der Waals surface area contributed by atoms with Gasteiger partial charge in [-0.15, -0.1) is 4.40 Å². The van der Waals surface area contributed by atoms with Crippen LogP contribution in [0.25, 0.3) is 10.8 Å². The van der Waals surface area contributed by atoms with Crippen LogP contribution >= 0.6 is 0 Å². The quantitative estimate of drug-likeness (QED) is 0.899. The highest BCUT2D eigenvalue weighted by Gasteiger charge is 2.24. The average molecular weight is 367 g/mol. The monoisotopic (exact) mass is 367 g/mol. The van der Waals surface area contributed by atoms with Gasteiger partial charge in [0.1, 0.15) is 5.84 Å². The second-order valence-corrected chi connectivity index (χ2v) is 7.97. The minimum absolute atomic E-state index is 0.0488. The first-order valence-corrected chi connectivity index (χ1v) is 9.86. The average Bonchev–Trinajstić information content (AvgIpc) is 2.65. The smallest absolute Gasteiger partial charge is 0.256 e. The molecule has 26 heavy (non-hydrogen) atoms. The summed E-state index contributed by atoms with van der Waals surface area (Å²) < 4.78 is 26.8. The normalized spacial score (nSPS) is 18.1. The maximum Gasteiger partial charge on any atom is 0.256 e. The maximum absolute atomic E-state index is 12.4. The van der Waals surface area contributed by atoms with Crippen molar-refractivity contribution in [3.8, 4) is 0 Å². The zero-order chi connectivity index (χ0) is 18.1. The zero-order valence-electron chi connectivity index (χ0n) is 13.9. The molecule has 2 heterocycles. The Morgan fingerprint density at radius 2 is 1.92 bits per heavy atom. The highest BCUT2D eigenvalue weighted by atomic mass is 32.2. The van der Waals surface area contributed by atoms with E-state index in [9.17, 15) is 13.2 Å². The Bertz CT molecular complexity index is 1080. The first-order valence-electron chi connectivity index (χ1n) is 8.25. The van der Waals surface area contributed by atoms with E-state index in [1.54, 1.807) is 23.3 Å². The molecule has 0 atom stereocenters. The molecule has 2 aliphatic rings. The van der Waals surface area contributed by atoms with Crippen LogP contribution in [0.1, 0.15) is 5.56 Å². The lowest BCUT2D eigenvalue weighted by Crippen LogP contribution is -2.38. The third kappa shape index (κ3) is 3.39. The molecule has 0 aliphatic carbocycles. The molecule has 2 aromatic carbocycles. The van der Waals surface area contributed by atoms with Gasteiger partial charge in [-0.1, -0.05) is 36.4 Å². The number of amides is 1. The van der Waals surface area contributed by atoms with Crippen molar-refractivity contribution in [3.05, 3.63) is 72.0 Å². The predicted octanol–water partition coefficient (Wildman–Crippen LogP) is 1.95. The molecule has 132 valence electrons. The lowest BCUT2D eigenvalue weighted by molar-refractivity contribution is -0.117. The first-order chi connectivity index (χ1) is 12.5. The number of fused-ring (bicyclic) bond motifs is 2. The molecule has 7 heteroatoms. The van der Waals surface area contributed by atoms with Crippen molar-refractivity contribution in [3.63, 3.8) is 0 Å². The molecule has 4 rings (SSSR count). The summed E-state index contributed by atoms with van der Waals surface area (Å²) in [6.07, 6.45) is 4.79. The second-order valence-electron chi connectivity index (χ2n) is 6.21. The molecule has 0 bridgehead atoms. The number of carbonyl (C=O) groups is 1. The van der Waals surface area contributed by atoms with Gasteiger partial charge < -0.3 is 10.2 Å². The molecule has 1 N–H and O–H groups in total. The van der Waals surface area contributed by atoms with Gasteiger partial charge in [-0.2, -0.15) is 0 Å². The number of hydrogen-bond acceptors (Lipinski definition) is 4. The highest BCUT2D eigenvalue weighted by Crippen LogP contribution is 2.17. The van der Waals surface area contributed by atoms with Crippen LogP contribution < -0.4 is 5.32 Å². The minimum Gasteiger partial charge on any atom is -0.348 e. The fourth-order valence-corrected chi connectivity index (χ4v) is 3.94. The Hall–Kier alpha value is -2.93. The van der Waals surface area contributed by atoms with Crippen LogP contribution in [0.4, 0.5) is 0 Å². The fraction of sp³-hybridized carbons (Fsp3) is 0.158. The van der Waals surface area contributed by atoms with E-state index in [0.717, 1.165) is 16.3 Å². The Labute approximate surface area is 151 Å². The molecule has 2 aliphatic heterocycles. The van der Waals surface area contributed by atoms with Gasteiger partial charge in [-0.3, -0.25) is 4.79 Å². The van der Waals surface area contributed by atoms with Crippen LogP contribution in [-0.4, -0.2) is 37.4 Å². The van der Waals surface area contributed by atoms with E-state index < -0.39 is 10.0 Å². The Morgan fingerprint density at radius 1 is 1.12 bits per heavy atom. The standard InChI is InChI=1S/C19H17N3O3S/c23-19(17-7-8-18-21-26(24,25)10-9-22(18)13-17)20-12-14-5-6-15-3-1-2-4-16(15)11-14/h1-8,11,13H,9-10,12H2,(H,20,23). The van der Waals surface area contributed by atoms with Crippen molar-refractivity contribution in [2.45, 2.75) is 6.54 Å². The number of rotatable bonds is 3. The van der Waals surface area contributed by atoms with Crippen molar-refractivity contribution >= 4 is 32.5 Å². The van der Waals surface area contributed by atoms with Crippen molar-refractivity contribution in [1.29, 1.82) is 0 Å². The topological polar surface area (TPSA) is 78.8 Å². The van der Waals surface area contributed by atoms with Crippen LogP contribution in [0, 0.1) is 0 Å². The molecule has 0 aromatic heterocycles. The van der Waals surface area contributed by atoms with Crippen LogP contribution in [0.5, 0.6) is 0 Å². The molecule has 0 radical (unpaired) electrons.